The number of ether oxygens (including phenoxy) is 1. The first-order valence-corrected chi connectivity index (χ1v) is 6.86. The largest absolute Gasteiger partial charge is 0.435 e. The van der Waals surface area contributed by atoms with Crippen molar-refractivity contribution < 1.29 is 18.3 Å². The zero-order valence-electron chi connectivity index (χ0n) is 11.4. The quantitative estimate of drug-likeness (QED) is 0.886. The third kappa shape index (κ3) is 4.39. The molecule has 0 aliphatic heterocycles. The van der Waals surface area contributed by atoms with E-state index in [1.807, 2.05) is 0 Å². The van der Waals surface area contributed by atoms with Gasteiger partial charge in [0.15, 0.2) is 0 Å². The number of hydrogen-bond donors (Lipinski definition) is 1. The van der Waals surface area contributed by atoms with Crippen molar-refractivity contribution in [1.29, 1.82) is 0 Å². The van der Waals surface area contributed by atoms with E-state index in [9.17, 15) is 13.6 Å². The summed E-state index contributed by atoms with van der Waals surface area (Å²) in [6.07, 6.45) is 3.20. The first-order valence-electron chi connectivity index (χ1n) is 6.48. The molecule has 0 saturated carbocycles. The van der Waals surface area contributed by atoms with E-state index in [0.29, 0.717) is 17.5 Å². The van der Waals surface area contributed by atoms with Crippen molar-refractivity contribution in [3.63, 3.8) is 0 Å². The Hall–Kier alpha value is -2.21. The number of hydrogen-bond acceptors (Lipinski definition) is 3. The lowest BCUT2D eigenvalue weighted by atomic mass is 10.1. The molecule has 1 aromatic heterocycles. The Morgan fingerprint density at radius 1 is 1.32 bits per heavy atom. The van der Waals surface area contributed by atoms with E-state index in [0.717, 1.165) is 0 Å². The number of carbonyl (C=O) groups is 1. The fourth-order valence-electron chi connectivity index (χ4n) is 1.89. The van der Waals surface area contributed by atoms with Crippen LogP contribution in [-0.4, -0.2) is 24.0 Å². The number of carbonyl (C=O) groups excluding carboxylic acids is 1. The van der Waals surface area contributed by atoms with E-state index in [1.54, 1.807) is 18.2 Å². The van der Waals surface area contributed by atoms with Crippen LogP contribution in [0.2, 0.25) is 5.02 Å². The van der Waals surface area contributed by atoms with Crippen LogP contribution in [0.5, 0.6) is 5.75 Å². The van der Waals surface area contributed by atoms with E-state index in [-0.39, 0.29) is 23.2 Å². The summed E-state index contributed by atoms with van der Waals surface area (Å²) in [7, 11) is 0. The molecule has 0 radical (unpaired) electrons. The van der Waals surface area contributed by atoms with Gasteiger partial charge in [0, 0.05) is 18.9 Å². The number of pyridine rings is 1. The lowest BCUT2D eigenvalue weighted by molar-refractivity contribution is -0.0504. The van der Waals surface area contributed by atoms with Gasteiger partial charge in [-0.25, -0.2) is 0 Å². The number of amides is 1. The number of para-hydroxylation sites is 1. The van der Waals surface area contributed by atoms with Crippen molar-refractivity contribution in [2.24, 2.45) is 0 Å². The number of benzene rings is 1. The molecule has 1 amide bonds. The molecule has 1 aromatic carbocycles. The molecule has 2 rings (SSSR count). The van der Waals surface area contributed by atoms with Gasteiger partial charge in [0.05, 0.1) is 10.6 Å². The molecule has 0 fully saturated rings. The smallest absolute Gasteiger partial charge is 0.387 e. The summed E-state index contributed by atoms with van der Waals surface area (Å²) in [5.41, 5.74) is 0.901. The number of nitrogens with zero attached hydrogens (tertiary/aromatic N) is 1. The monoisotopic (exact) mass is 326 g/mol. The molecule has 1 heterocycles. The van der Waals surface area contributed by atoms with Crippen molar-refractivity contribution >= 4 is 17.5 Å². The third-order valence-corrected chi connectivity index (χ3v) is 3.19. The van der Waals surface area contributed by atoms with Gasteiger partial charge in [-0.15, -0.1) is 0 Å². The summed E-state index contributed by atoms with van der Waals surface area (Å²) in [6, 6.07) is 7.96. The van der Waals surface area contributed by atoms with E-state index in [2.05, 4.69) is 15.0 Å². The van der Waals surface area contributed by atoms with Gasteiger partial charge in [-0.05, 0) is 24.1 Å². The van der Waals surface area contributed by atoms with Crippen molar-refractivity contribution in [2.75, 3.05) is 6.54 Å². The van der Waals surface area contributed by atoms with Crippen LogP contribution >= 0.6 is 11.6 Å². The van der Waals surface area contributed by atoms with Gasteiger partial charge in [-0.1, -0.05) is 29.8 Å². The van der Waals surface area contributed by atoms with Crippen LogP contribution in [0.4, 0.5) is 8.78 Å². The molecule has 4 nitrogen and oxygen atoms in total. The molecule has 0 atom stereocenters. The highest BCUT2D eigenvalue weighted by Gasteiger charge is 2.11. The number of alkyl halides is 2. The van der Waals surface area contributed by atoms with E-state index >= 15 is 0 Å². The predicted octanol–water partition coefficient (Wildman–Crippen LogP) is 3.31. The molecule has 22 heavy (non-hydrogen) atoms. The highest BCUT2D eigenvalue weighted by molar-refractivity contribution is 6.33. The highest BCUT2D eigenvalue weighted by atomic mass is 35.5. The molecule has 7 heteroatoms. The van der Waals surface area contributed by atoms with Crippen LogP contribution < -0.4 is 10.1 Å². The lowest BCUT2D eigenvalue weighted by Gasteiger charge is -2.11. The Morgan fingerprint density at radius 3 is 2.82 bits per heavy atom. The summed E-state index contributed by atoms with van der Waals surface area (Å²) in [5, 5.41) is 2.93. The van der Waals surface area contributed by atoms with Gasteiger partial charge >= 0.3 is 6.61 Å². The van der Waals surface area contributed by atoms with Crippen LogP contribution in [0.1, 0.15) is 15.9 Å². The van der Waals surface area contributed by atoms with E-state index in [4.69, 9.17) is 11.6 Å². The second-order valence-electron chi connectivity index (χ2n) is 4.35. The van der Waals surface area contributed by atoms with Crippen molar-refractivity contribution in [3.8, 4) is 5.75 Å². The van der Waals surface area contributed by atoms with Crippen LogP contribution in [0.25, 0.3) is 0 Å². The Bertz CT molecular complexity index is 653. The van der Waals surface area contributed by atoms with Crippen molar-refractivity contribution in [3.05, 3.63) is 58.9 Å². The summed E-state index contributed by atoms with van der Waals surface area (Å²) in [4.78, 5) is 15.7. The number of aromatic nitrogens is 1. The molecule has 0 saturated heterocycles. The lowest BCUT2D eigenvalue weighted by Crippen LogP contribution is -2.26. The Labute approximate surface area is 131 Å². The predicted molar refractivity (Wildman–Crippen MR) is 78.4 cm³/mol. The Kier molecular flexibility index (Phi) is 5.66. The van der Waals surface area contributed by atoms with Crippen LogP contribution in [0.15, 0.2) is 42.7 Å². The Balaban J connectivity index is 1.94. The van der Waals surface area contributed by atoms with Gasteiger partial charge in [0.1, 0.15) is 5.75 Å². The number of nitrogens with one attached hydrogen (secondary N) is 1. The second kappa shape index (κ2) is 7.70. The second-order valence-corrected chi connectivity index (χ2v) is 4.75. The summed E-state index contributed by atoms with van der Waals surface area (Å²) < 4.78 is 29.0. The zero-order valence-corrected chi connectivity index (χ0v) is 12.2. The molecule has 0 aliphatic rings. The first-order chi connectivity index (χ1) is 10.6. The third-order valence-electron chi connectivity index (χ3n) is 2.89. The minimum absolute atomic E-state index is 0.105. The van der Waals surface area contributed by atoms with E-state index < -0.39 is 6.61 Å². The van der Waals surface area contributed by atoms with Crippen LogP contribution in [0.3, 0.4) is 0 Å². The standard InChI is InChI=1S/C15H13ClF2N2O2/c16-12-9-19-7-6-11(12)14(21)20-8-5-10-3-1-2-4-13(10)22-15(17)18/h1-4,6-7,9,15H,5,8H2,(H,20,21). The van der Waals surface area contributed by atoms with Crippen LogP contribution in [-0.2, 0) is 6.42 Å². The van der Waals surface area contributed by atoms with Gasteiger partial charge in [-0.3, -0.25) is 9.78 Å². The SMILES string of the molecule is O=C(NCCc1ccccc1OC(F)F)c1ccncc1Cl. The molecule has 1 N–H and O–H groups in total. The molecule has 0 spiro atoms. The molecule has 0 aliphatic carbocycles. The highest BCUT2D eigenvalue weighted by Crippen LogP contribution is 2.20. The minimum atomic E-state index is -2.88. The molecular weight excluding hydrogens is 314 g/mol. The van der Waals surface area contributed by atoms with E-state index in [1.165, 1.54) is 24.5 Å². The molecule has 0 unspecified atom stereocenters. The minimum Gasteiger partial charge on any atom is -0.435 e. The topological polar surface area (TPSA) is 51.2 Å². The average molecular weight is 327 g/mol. The first kappa shape index (κ1) is 16.2. The fourth-order valence-corrected chi connectivity index (χ4v) is 2.09. The Morgan fingerprint density at radius 2 is 2.09 bits per heavy atom. The van der Waals surface area contributed by atoms with Gasteiger partial charge < -0.3 is 10.1 Å². The normalized spacial score (nSPS) is 10.5. The van der Waals surface area contributed by atoms with Gasteiger partial charge in [0.25, 0.3) is 5.91 Å². The maximum atomic E-state index is 12.3. The summed E-state index contributed by atoms with van der Waals surface area (Å²) in [6.45, 7) is -2.62. The fraction of sp³-hybridized carbons (Fsp3) is 0.200. The molecule has 0 bridgehead atoms. The average Bonchev–Trinajstić information content (AvgIpc) is 2.49. The maximum absolute atomic E-state index is 12.3. The number of halogens is 3. The zero-order chi connectivity index (χ0) is 15.9. The van der Waals surface area contributed by atoms with Crippen molar-refractivity contribution in [2.45, 2.75) is 13.0 Å². The summed E-state index contributed by atoms with van der Waals surface area (Å²) >= 11 is 5.87. The van der Waals surface area contributed by atoms with Crippen molar-refractivity contribution in [1.82, 2.24) is 10.3 Å². The number of rotatable bonds is 6. The summed E-state index contributed by atoms with van der Waals surface area (Å²) in [5.74, 6) is -0.242. The molecule has 2 aromatic rings. The molecule has 116 valence electrons. The van der Waals surface area contributed by atoms with Crippen LogP contribution in [0, 0.1) is 0 Å². The van der Waals surface area contributed by atoms with Gasteiger partial charge in [0.2, 0.25) is 0 Å². The maximum Gasteiger partial charge on any atom is 0.387 e. The van der Waals surface area contributed by atoms with Gasteiger partial charge in [-0.2, -0.15) is 8.78 Å². The molecular formula is C15H13ClF2N2O2.